The van der Waals surface area contributed by atoms with Crippen LogP contribution >= 0.6 is 0 Å². The zero-order valence-electron chi connectivity index (χ0n) is 13.9. The van der Waals surface area contributed by atoms with E-state index in [1.54, 1.807) is 0 Å². The van der Waals surface area contributed by atoms with Crippen LogP contribution in [0.25, 0.3) is 0 Å². The number of nitrogens with zero attached hydrogens (tertiary/aromatic N) is 2. The number of furan rings is 1. The first-order valence-corrected chi connectivity index (χ1v) is 8.60. The molecule has 2 aromatic rings. The van der Waals surface area contributed by atoms with Crippen LogP contribution in [0.5, 0.6) is 0 Å². The average Bonchev–Trinajstić information content (AvgIpc) is 2.96. The summed E-state index contributed by atoms with van der Waals surface area (Å²) in [5.41, 5.74) is 1.15. The summed E-state index contributed by atoms with van der Waals surface area (Å²) in [6, 6.07) is 4.72. The third kappa shape index (κ3) is 3.21. The van der Waals surface area contributed by atoms with Crippen LogP contribution in [0.4, 0.5) is 0 Å². The number of nitrogens with one attached hydrogen (secondary N) is 1. The molecule has 0 unspecified atom stereocenters. The molecule has 1 aliphatic carbocycles. The molecule has 5 heteroatoms. The Morgan fingerprint density at radius 3 is 2.96 bits per heavy atom. The van der Waals surface area contributed by atoms with Crippen LogP contribution in [-0.4, -0.2) is 22.2 Å². The lowest BCUT2D eigenvalue weighted by molar-refractivity contribution is -0.00431. The van der Waals surface area contributed by atoms with Gasteiger partial charge in [0.1, 0.15) is 17.6 Å². The Morgan fingerprint density at radius 2 is 2.22 bits per heavy atom. The van der Waals surface area contributed by atoms with Crippen molar-refractivity contribution in [3.8, 4) is 0 Å². The van der Waals surface area contributed by atoms with Gasteiger partial charge in [-0.05, 0) is 37.3 Å². The molecular formula is C18H25N3O2. The number of imidazole rings is 1. The number of aryl methyl sites for hydroxylation is 1. The van der Waals surface area contributed by atoms with Gasteiger partial charge in [-0.15, -0.1) is 0 Å². The van der Waals surface area contributed by atoms with E-state index in [0.717, 1.165) is 49.1 Å². The van der Waals surface area contributed by atoms with Gasteiger partial charge >= 0.3 is 0 Å². The molecule has 23 heavy (non-hydrogen) atoms. The van der Waals surface area contributed by atoms with Gasteiger partial charge in [-0.2, -0.15) is 0 Å². The fraction of sp³-hybridized carbons (Fsp3) is 0.611. The summed E-state index contributed by atoms with van der Waals surface area (Å²) in [6.45, 7) is 3.87. The first-order chi connectivity index (χ1) is 11.2. The zero-order valence-corrected chi connectivity index (χ0v) is 13.9. The van der Waals surface area contributed by atoms with Crippen molar-refractivity contribution in [3.05, 3.63) is 41.9 Å². The van der Waals surface area contributed by atoms with Gasteiger partial charge in [-0.1, -0.05) is 6.92 Å². The number of hydrogen-bond donors (Lipinski definition) is 1. The Kier molecular flexibility index (Phi) is 3.99. The number of hydrogen-bond acceptors (Lipinski definition) is 4. The summed E-state index contributed by atoms with van der Waals surface area (Å²) in [7, 11) is 2.02. The number of aromatic nitrogens is 2. The molecule has 2 aliphatic rings. The second-order valence-corrected chi connectivity index (χ2v) is 7.01. The Bertz CT molecular complexity index is 663. The van der Waals surface area contributed by atoms with Crippen molar-refractivity contribution in [3.63, 3.8) is 0 Å². The van der Waals surface area contributed by atoms with Crippen LogP contribution in [0.1, 0.15) is 55.4 Å². The summed E-state index contributed by atoms with van der Waals surface area (Å²) in [5, 5.41) is 3.63. The molecule has 3 heterocycles. The molecule has 124 valence electrons. The van der Waals surface area contributed by atoms with E-state index in [2.05, 4.69) is 29.4 Å². The molecule has 4 rings (SSSR count). The molecule has 4 atom stereocenters. The van der Waals surface area contributed by atoms with Gasteiger partial charge < -0.3 is 19.0 Å². The first kappa shape index (κ1) is 15.0. The van der Waals surface area contributed by atoms with Crippen molar-refractivity contribution >= 4 is 0 Å². The summed E-state index contributed by atoms with van der Waals surface area (Å²) in [5.74, 6) is 3.65. The number of rotatable bonds is 5. The van der Waals surface area contributed by atoms with Crippen LogP contribution in [0.3, 0.4) is 0 Å². The van der Waals surface area contributed by atoms with Crippen molar-refractivity contribution in [2.75, 3.05) is 6.61 Å². The van der Waals surface area contributed by atoms with Crippen LogP contribution in [0.2, 0.25) is 0 Å². The third-order valence-corrected chi connectivity index (χ3v) is 5.19. The summed E-state index contributed by atoms with van der Waals surface area (Å²) < 4.78 is 13.9. The van der Waals surface area contributed by atoms with Crippen LogP contribution in [-0.2, 0) is 18.3 Å². The molecule has 0 spiro atoms. The SMILES string of the molecule is C[C@@H]1C[C@@H]1c1ccc(CN[C@H]2CCO[C@@H](c3cncn3C)C2)o1. The largest absolute Gasteiger partial charge is 0.464 e. The van der Waals surface area contributed by atoms with E-state index in [9.17, 15) is 0 Å². The highest BCUT2D eigenvalue weighted by atomic mass is 16.5. The van der Waals surface area contributed by atoms with E-state index >= 15 is 0 Å². The molecule has 1 saturated carbocycles. The lowest BCUT2D eigenvalue weighted by atomic mass is 10.0. The van der Waals surface area contributed by atoms with Crippen molar-refractivity contribution in [1.29, 1.82) is 0 Å². The van der Waals surface area contributed by atoms with Crippen molar-refractivity contribution in [2.45, 2.75) is 50.8 Å². The lowest BCUT2D eigenvalue weighted by Crippen LogP contribution is -2.36. The topological polar surface area (TPSA) is 52.2 Å². The van der Waals surface area contributed by atoms with Gasteiger partial charge in [0, 0.05) is 25.6 Å². The summed E-state index contributed by atoms with van der Waals surface area (Å²) in [4.78, 5) is 4.19. The maximum absolute atomic E-state index is 5.98. The van der Waals surface area contributed by atoms with E-state index in [1.165, 1.54) is 6.42 Å². The first-order valence-electron chi connectivity index (χ1n) is 8.60. The van der Waals surface area contributed by atoms with Crippen molar-refractivity contribution in [2.24, 2.45) is 13.0 Å². The standard InChI is InChI=1S/C18H25N3O2/c1-12-7-15(12)17-4-3-14(23-17)9-20-13-5-6-22-18(8-13)16-10-19-11-21(16)2/h3-4,10-13,15,18,20H,5-9H2,1-2H3/t12-,13+,15+,18-/m1/s1. The average molecular weight is 315 g/mol. The van der Waals surface area contributed by atoms with Gasteiger partial charge in [0.15, 0.2) is 0 Å². The second-order valence-electron chi connectivity index (χ2n) is 7.01. The van der Waals surface area contributed by atoms with Gasteiger partial charge in [-0.3, -0.25) is 0 Å². The highest BCUT2D eigenvalue weighted by Crippen LogP contribution is 2.47. The maximum atomic E-state index is 5.98. The smallest absolute Gasteiger partial charge is 0.117 e. The minimum absolute atomic E-state index is 0.133. The van der Waals surface area contributed by atoms with Crippen molar-refractivity contribution < 1.29 is 9.15 Å². The Balaban J connectivity index is 1.32. The third-order valence-electron chi connectivity index (χ3n) is 5.19. The van der Waals surface area contributed by atoms with E-state index in [0.29, 0.717) is 12.0 Å². The zero-order chi connectivity index (χ0) is 15.8. The normalized spacial score (nSPS) is 30.5. The van der Waals surface area contributed by atoms with Gasteiger partial charge in [0.2, 0.25) is 0 Å². The molecule has 1 N–H and O–H groups in total. The molecule has 0 radical (unpaired) electrons. The monoisotopic (exact) mass is 315 g/mol. The lowest BCUT2D eigenvalue weighted by Gasteiger charge is -2.30. The molecule has 2 fully saturated rings. The molecule has 2 aromatic heterocycles. The quantitative estimate of drug-likeness (QED) is 0.921. The van der Waals surface area contributed by atoms with E-state index in [1.807, 2.05) is 24.1 Å². The highest BCUT2D eigenvalue weighted by molar-refractivity contribution is 5.17. The molecule has 1 aliphatic heterocycles. The Hall–Kier alpha value is -1.59. The minimum Gasteiger partial charge on any atom is -0.464 e. The predicted octanol–water partition coefficient (Wildman–Crippen LogP) is 3.15. The van der Waals surface area contributed by atoms with Gasteiger partial charge in [0.25, 0.3) is 0 Å². The Morgan fingerprint density at radius 1 is 1.35 bits per heavy atom. The highest BCUT2D eigenvalue weighted by Gasteiger charge is 2.36. The maximum Gasteiger partial charge on any atom is 0.117 e. The van der Waals surface area contributed by atoms with Crippen LogP contribution < -0.4 is 5.32 Å². The molecule has 1 saturated heterocycles. The fourth-order valence-corrected chi connectivity index (χ4v) is 3.52. The van der Waals surface area contributed by atoms with Gasteiger partial charge in [0.05, 0.1) is 24.8 Å². The summed E-state index contributed by atoms with van der Waals surface area (Å²) in [6.07, 6.45) is 7.16. The van der Waals surface area contributed by atoms with Crippen LogP contribution in [0.15, 0.2) is 29.1 Å². The van der Waals surface area contributed by atoms with E-state index in [-0.39, 0.29) is 6.10 Å². The molecule has 5 nitrogen and oxygen atoms in total. The van der Waals surface area contributed by atoms with Crippen LogP contribution in [0, 0.1) is 5.92 Å². The summed E-state index contributed by atoms with van der Waals surface area (Å²) >= 11 is 0. The molecule has 0 aromatic carbocycles. The Labute approximate surface area is 137 Å². The van der Waals surface area contributed by atoms with Crippen molar-refractivity contribution in [1.82, 2.24) is 14.9 Å². The predicted molar refractivity (Wildman–Crippen MR) is 87.0 cm³/mol. The number of ether oxygens (including phenoxy) is 1. The fourth-order valence-electron chi connectivity index (χ4n) is 3.52. The molecular weight excluding hydrogens is 290 g/mol. The molecule has 0 bridgehead atoms. The van der Waals surface area contributed by atoms with Gasteiger partial charge in [-0.25, -0.2) is 4.98 Å². The van der Waals surface area contributed by atoms with E-state index in [4.69, 9.17) is 9.15 Å². The van der Waals surface area contributed by atoms with E-state index < -0.39 is 0 Å². The second kappa shape index (κ2) is 6.13. The molecule has 0 amide bonds. The minimum atomic E-state index is 0.133.